The normalized spacial score (nSPS) is 12.2. The molecule has 0 aliphatic carbocycles. The first-order chi connectivity index (χ1) is 9.90. The number of carbonyl (C=O) groups excluding carboxylic acids is 1. The molecule has 112 valence electrons. The summed E-state index contributed by atoms with van der Waals surface area (Å²) in [4.78, 5) is 13.5. The van der Waals surface area contributed by atoms with E-state index in [4.69, 9.17) is 23.2 Å². The Labute approximate surface area is 134 Å². The molecule has 0 saturated heterocycles. The SMILES string of the molecule is CC(Cn1cc(Cl)c(-c2ccccc2Cl)n1)C(=O)N(C)C. The highest BCUT2D eigenvalue weighted by Crippen LogP contribution is 2.31. The van der Waals surface area contributed by atoms with E-state index in [1.807, 2.05) is 25.1 Å². The van der Waals surface area contributed by atoms with Crippen LogP contribution in [0.5, 0.6) is 0 Å². The predicted octanol–water partition coefficient (Wildman–Crippen LogP) is 3.58. The molecule has 0 bridgehead atoms. The van der Waals surface area contributed by atoms with Crippen LogP contribution >= 0.6 is 23.2 Å². The molecule has 0 aliphatic heterocycles. The van der Waals surface area contributed by atoms with Gasteiger partial charge in [-0.25, -0.2) is 0 Å². The van der Waals surface area contributed by atoms with Crippen molar-refractivity contribution in [1.82, 2.24) is 14.7 Å². The molecule has 1 amide bonds. The zero-order valence-corrected chi connectivity index (χ0v) is 13.7. The second-order valence-electron chi connectivity index (χ2n) is 5.16. The van der Waals surface area contributed by atoms with Gasteiger partial charge < -0.3 is 4.90 Å². The van der Waals surface area contributed by atoms with Crippen LogP contribution in [0.25, 0.3) is 11.3 Å². The molecule has 0 radical (unpaired) electrons. The van der Waals surface area contributed by atoms with Gasteiger partial charge in [-0.2, -0.15) is 5.10 Å². The maximum Gasteiger partial charge on any atom is 0.226 e. The van der Waals surface area contributed by atoms with Crippen LogP contribution in [-0.4, -0.2) is 34.7 Å². The number of benzene rings is 1. The van der Waals surface area contributed by atoms with Gasteiger partial charge in [-0.3, -0.25) is 9.48 Å². The van der Waals surface area contributed by atoms with Crippen molar-refractivity contribution in [3.63, 3.8) is 0 Å². The fourth-order valence-electron chi connectivity index (χ4n) is 2.13. The molecule has 2 rings (SSSR count). The van der Waals surface area contributed by atoms with Gasteiger partial charge in [0.05, 0.1) is 22.5 Å². The van der Waals surface area contributed by atoms with Gasteiger partial charge in [0.25, 0.3) is 0 Å². The van der Waals surface area contributed by atoms with Crippen LogP contribution in [-0.2, 0) is 11.3 Å². The van der Waals surface area contributed by atoms with Gasteiger partial charge in [0.2, 0.25) is 5.91 Å². The smallest absolute Gasteiger partial charge is 0.226 e. The van der Waals surface area contributed by atoms with Crippen molar-refractivity contribution in [1.29, 1.82) is 0 Å². The van der Waals surface area contributed by atoms with Crippen molar-refractivity contribution in [3.8, 4) is 11.3 Å². The van der Waals surface area contributed by atoms with Crippen LogP contribution in [0.15, 0.2) is 30.5 Å². The highest BCUT2D eigenvalue weighted by atomic mass is 35.5. The minimum absolute atomic E-state index is 0.0564. The Morgan fingerprint density at radius 2 is 1.95 bits per heavy atom. The molecule has 0 saturated carbocycles. The summed E-state index contributed by atoms with van der Waals surface area (Å²) in [6, 6.07) is 7.41. The van der Waals surface area contributed by atoms with E-state index in [0.29, 0.717) is 22.3 Å². The Hall–Kier alpha value is -1.52. The molecule has 0 fully saturated rings. The Morgan fingerprint density at radius 1 is 1.29 bits per heavy atom. The highest BCUT2D eigenvalue weighted by Gasteiger charge is 2.18. The van der Waals surface area contributed by atoms with Crippen LogP contribution < -0.4 is 0 Å². The van der Waals surface area contributed by atoms with Gasteiger partial charge in [0.15, 0.2) is 0 Å². The van der Waals surface area contributed by atoms with Crippen molar-refractivity contribution >= 4 is 29.1 Å². The van der Waals surface area contributed by atoms with Crippen molar-refractivity contribution in [2.75, 3.05) is 14.1 Å². The second kappa shape index (κ2) is 6.50. The first-order valence-electron chi connectivity index (χ1n) is 6.59. The largest absolute Gasteiger partial charge is 0.349 e. The minimum Gasteiger partial charge on any atom is -0.349 e. The monoisotopic (exact) mass is 325 g/mol. The van der Waals surface area contributed by atoms with Crippen molar-refractivity contribution in [3.05, 3.63) is 40.5 Å². The van der Waals surface area contributed by atoms with Crippen LogP contribution in [0.4, 0.5) is 0 Å². The van der Waals surface area contributed by atoms with Crippen LogP contribution in [0, 0.1) is 5.92 Å². The third-order valence-electron chi connectivity index (χ3n) is 3.17. The van der Waals surface area contributed by atoms with Gasteiger partial charge in [-0.15, -0.1) is 0 Å². The minimum atomic E-state index is -0.171. The molecule has 4 nitrogen and oxygen atoms in total. The molecule has 1 aromatic heterocycles. The van der Waals surface area contributed by atoms with E-state index >= 15 is 0 Å². The Kier molecular flexibility index (Phi) is 4.91. The molecule has 1 atom stereocenters. The fourth-order valence-corrected chi connectivity index (χ4v) is 2.60. The van der Waals surface area contributed by atoms with Crippen molar-refractivity contribution in [2.45, 2.75) is 13.5 Å². The Balaban J connectivity index is 2.24. The van der Waals surface area contributed by atoms with Gasteiger partial charge in [-0.1, -0.05) is 48.3 Å². The summed E-state index contributed by atoms with van der Waals surface area (Å²) in [5, 5.41) is 5.57. The van der Waals surface area contributed by atoms with Gasteiger partial charge >= 0.3 is 0 Å². The van der Waals surface area contributed by atoms with E-state index < -0.39 is 0 Å². The summed E-state index contributed by atoms with van der Waals surface area (Å²) >= 11 is 12.4. The van der Waals surface area contributed by atoms with Crippen LogP contribution in [0.3, 0.4) is 0 Å². The topological polar surface area (TPSA) is 38.1 Å². The molecule has 0 aliphatic rings. The van der Waals surface area contributed by atoms with Crippen molar-refractivity contribution < 1.29 is 4.79 Å². The molecule has 21 heavy (non-hydrogen) atoms. The zero-order chi connectivity index (χ0) is 15.6. The third-order valence-corrected chi connectivity index (χ3v) is 3.78. The number of hydrogen-bond acceptors (Lipinski definition) is 2. The van der Waals surface area contributed by atoms with Gasteiger partial charge in [-0.05, 0) is 6.07 Å². The summed E-state index contributed by atoms with van der Waals surface area (Å²) in [6.45, 7) is 2.34. The lowest BCUT2D eigenvalue weighted by molar-refractivity contribution is -0.132. The van der Waals surface area contributed by atoms with E-state index in [2.05, 4.69) is 5.10 Å². The quantitative estimate of drug-likeness (QED) is 0.861. The molecule has 0 N–H and O–H groups in total. The summed E-state index contributed by atoms with van der Waals surface area (Å²) in [5.74, 6) is -0.115. The summed E-state index contributed by atoms with van der Waals surface area (Å²) in [5.41, 5.74) is 1.42. The molecule has 1 heterocycles. The van der Waals surface area contributed by atoms with Gasteiger partial charge in [0, 0.05) is 25.9 Å². The Bertz CT molecular complexity index is 652. The van der Waals surface area contributed by atoms with Gasteiger partial charge in [0.1, 0.15) is 5.69 Å². The van der Waals surface area contributed by atoms with E-state index in [0.717, 1.165) is 5.56 Å². The lowest BCUT2D eigenvalue weighted by Gasteiger charge is -2.16. The third kappa shape index (κ3) is 3.57. The van der Waals surface area contributed by atoms with Crippen LogP contribution in [0.1, 0.15) is 6.92 Å². The molecular formula is C15H17Cl2N3O. The maximum absolute atomic E-state index is 11.9. The predicted molar refractivity (Wildman–Crippen MR) is 85.5 cm³/mol. The number of rotatable bonds is 4. The van der Waals surface area contributed by atoms with Crippen LogP contribution in [0.2, 0.25) is 10.0 Å². The molecule has 2 aromatic rings. The second-order valence-corrected chi connectivity index (χ2v) is 5.98. The summed E-state index contributed by atoms with van der Waals surface area (Å²) < 4.78 is 1.69. The molecule has 6 heteroatoms. The Morgan fingerprint density at radius 3 is 2.57 bits per heavy atom. The first kappa shape index (κ1) is 15.9. The first-order valence-corrected chi connectivity index (χ1v) is 7.34. The number of amides is 1. The number of nitrogens with zero attached hydrogens (tertiary/aromatic N) is 3. The molecular weight excluding hydrogens is 309 g/mol. The van der Waals surface area contributed by atoms with E-state index in [1.54, 1.807) is 35.9 Å². The zero-order valence-electron chi connectivity index (χ0n) is 12.2. The van der Waals surface area contributed by atoms with E-state index in [1.165, 1.54) is 0 Å². The fraction of sp³-hybridized carbons (Fsp3) is 0.333. The summed E-state index contributed by atoms with van der Waals surface area (Å²) in [6.07, 6.45) is 1.72. The number of aromatic nitrogens is 2. The lowest BCUT2D eigenvalue weighted by Crippen LogP contribution is -2.30. The molecule has 0 spiro atoms. The van der Waals surface area contributed by atoms with E-state index in [-0.39, 0.29) is 11.8 Å². The molecule has 1 unspecified atom stereocenters. The van der Waals surface area contributed by atoms with Crippen molar-refractivity contribution in [2.24, 2.45) is 5.92 Å². The lowest BCUT2D eigenvalue weighted by atomic mass is 10.1. The van der Waals surface area contributed by atoms with E-state index in [9.17, 15) is 4.79 Å². The number of carbonyl (C=O) groups is 1. The maximum atomic E-state index is 11.9. The average molecular weight is 326 g/mol. The average Bonchev–Trinajstić information content (AvgIpc) is 2.78. The molecule has 1 aromatic carbocycles. The highest BCUT2D eigenvalue weighted by molar-refractivity contribution is 6.36. The number of halogens is 2. The number of hydrogen-bond donors (Lipinski definition) is 0. The summed E-state index contributed by atoms with van der Waals surface area (Å²) in [7, 11) is 3.48. The standard InChI is InChI=1S/C15H17Cl2N3O/c1-10(15(21)19(2)3)8-20-9-13(17)14(18-20)11-6-4-5-7-12(11)16/h4-7,9-10H,8H2,1-3H3.